The Labute approximate surface area is 103 Å². The second-order valence-electron chi connectivity index (χ2n) is 4.86. The molecule has 1 aliphatic rings. The highest BCUT2D eigenvalue weighted by molar-refractivity contribution is 5.18. The number of likely N-dealkylation sites (tertiary alicyclic amines) is 1. The maximum atomic E-state index is 10.3. The van der Waals surface area contributed by atoms with Gasteiger partial charge in [-0.1, -0.05) is 30.3 Å². The first-order valence-corrected chi connectivity index (χ1v) is 6.46. The molecule has 0 aliphatic carbocycles. The summed E-state index contributed by atoms with van der Waals surface area (Å²) in [6.07, 6.45) is 2.11. The van der Waals surface area contributed by atoms with Crippen molar-refractivity contribution in [3.63, 3.8) is 0 Å². The molecule has 1 saturated heterocycles. The van der Waals surface area contributed by atoms with Gasteiger partial charge in [0.2, 0.25) is 0 Å². The van der Waals surface area contributed by atoms with E-state index in [1.807, 2.05) is 30.3 Å². The van der Waals surface area contributed by atoms with Crippen LogP contribution in [0.25, 0.3) is 0 Å². The predicted molar refractivity (Wildman–Crippen MR) is 69.6 cm³/mol. The summed E-state index contributed by atoms with van der Waals surface area (Å²) in [6.45, 7) is 3.75. The number of hydrogen-bond acceptors (Lipinski definition) is 3. The number of benzene rings is 1. The molecule has 2 atom stereocenters. The van der Waals surface area contributed by atoms with Crippen LogP contribution in [-0.4, -0.2) is 36.2 Å². The lowest BCUT2D eigenvalue weighted by Gasteiger charge is -2.26. The lowest BCUT2D eigenvalue weighted by molar-refractivity contribution is 0.0891. The van der Waals surface area contributed by atoms with Crippen LogP contribution in [0.1, 0.15) is 24.5 Å². The fourth-order valence-electron chi connectivity index (χ4n) is 2.52. The first-order valence-electron chi connectivity index (χ1n) is 6.46. The Kier molecular flexibility index (Phi) is 4.54. The number of hydrogen-bond donors (Lipinski definition) is 2. The van der Waals surface area contributed by atoms with Gasteiger partial charge in [-0.15, -0.1) is 0 Å². The SMILES string of the molecule is NC[C@@H](CN1CCCC1)[C@H](O)c1ccccc1. The Morgan fingerprint density at radius 2 is 1.82 bits per heavy atom. The van der Waals surface area contributed by atoms with E-state index >= 15 is 0 Å². The summed E-state index contributed by atoms with van der Waals surface area (Å²) in [5, 5.41) is 10.3. The molecule has 0 bridgehead atoms. The predicted octanol–water partition coefficient (Wildman–Crippen LogP) is 1.39. The summed E-state index contributed by atoms with van der Waals surface area (Å²) in [5.41, 5.74) is 6.78. The molecule has 1 fully saturated rings. The highest BCUT2D eigenvalue weighted by Gasteiger charge is 2.23. The number of aliphatic hydroxyl groups is 1. The van der Waals surface area contributed by atoms with E-state index in [9.17, 15) is 5.11 Å². The third-order valence-corrected chi connectivity index (χ3v) is 3.58. The molecule has 1 heterocycles. The normalized spacial score (nSPS) is 20.4. The third-order valence-electron chi connectivity index (χ3n) is 3.58. The van der Waals surface area contributed by atoms with Crippen molar-refractivity contribution in [1.29, 1.82) is 0 Å². The molecule has 1 aliphatic heterocycles. The smallest absolute Gasteiger partial charge is 0.0842 e. The van der Waals surface area contributed by atoms with Crippen molar-refractivity contribution in [1.82, 2.24) is 4.90 Å². The molecule has 3 N–H and O–H groups in total. The van der Waals surface area contributed by atoms with Crippen LogP contribution in [-0.2, 0) is 0 Å². The van der Waals surface area contributed by atoms with E-state index in [1.165, 1.54) is 12.8 Å². The molecule has 1 aromatic rings. The molecule has 3 heteroatoms. The first-order chi connectivity index (χ1) is 8.31. The maximum absolute atomic E-state index is 10.3. The van der Waals surface area contributed by atoms with Gasteiger partial charge in [-0.25, -0.2) is 0 Å². The number of nitrogens with zero attached hydrogens (tertiary/aromatic N) is 1. The number of nitrogens with two attached hydrogens (primary N) is 1. The Bertz CT molecular complexity index is 322. The molecular weight excluding hydrogens is 212 g/mol. The lowest BCUT2D eigenvalue weighted by atomic mass is 9.95. The Morgan fingerprint density at radius 1 is 1.18 bits per heavy atom. The van der Waals surface area contributed by atoms with Gasteiger partial charge in [0, 0.05) is 12.5 Å². The zero-order valence-corrected chi connectivity index (χ0v) is 10.3. The standard InChI is InChI=1S/C14H22N2O/c15-10-13(11-16-8-4-5-9-16)14(17)12-6-2-1-3-7-12/h1-3,6-7,13-14,17H,4-5,8-11,15H2/t13-,14+/m0/s1. The van der Waals surface area contributed by atoms with Crippen LogP contribution in [0.2, 0.25) is 0 Å². The summed E-state index contributed by atoms with van der Waals surface area (Å²) in [4.78, 5) is 2.41. The molecule has 1 aromatic carbocycles. The van der Waals surface area contributed by atoms with E-state index in [2.05, 4.69) is 4.90 Å². The van der Waals surface area contributed by atoms with Gasteiger partial charge in [0.1, 0.15) is 0 Å². The second-order valence-corrected chi connectivity index (χ2v) is 4.86. The van der Waals surface area contributed by atoms with E-state index in [-0.39, 0.29) is 5.92 Å². The fraction of sp³-hybridized carbons (Fsp3) is 0.571. The molecular formula is C14H22N2O. The average Bonchev–Trinajstić information content (AvgIpc) is 2.89. The summed E-state index contributed by atoms with van der Waals surface area (Å²) in [5.74, 6) is 0.135. The second kappa shape index (κ2) is 6.15. The quantitative estimate of drug-likeness (QED) is 0.809. The van der Waals surface area contributed by atoms with Crippen molar-refractivity contribution >= 4 is 0 Å². The van der Waals surface area contributed by atoms with Gasteiger partial charge < -0.3 is 15.7 Å². The molecule has 0 spiro atoms. The highest BCUT2D eigenvalue weighted by atomic mass is 16.3. The summed E-state index contributed by atoms with van der Waals surface area (Å²) < 4.78 is 0. The van der Waals surface area contributed by atoms with Crippen LogP contribution >= 0.6 is 0 Å². The minimum absolute atomic E-state index is 0.135. The van der Waals surface area contributed by atoms with Crippen molar-refractivity contribution < 1.29 is 5.11 Å². The zero-order chi connectivity index (χ0) is 12.1. The van der Waals surface area contributed by atoms with Crippen LogP contribution in [0, 0.1) is 5.92 Å². The molecule has 0 radical (unpaired) electrons. The van der Waals surface area contributed by atoms with Crippen LogP contribution < -0.4 is 5.73 Å². The van der Waals surface area contributed by atoms with Gasteiger partial charge in [0.25, 0.3) is 0 Å². The highest BCUT2D eigenvalue weighted by Crippen LogP contribution is 2.23. The van der Waals surface area contributed by atoms with Gasteiger partial charge in [0.15, 0.2) is 0 Å². The molecule has 17 heavy (non-hydrogen) atoms. The van der Waals surface area contributed by atoms with Crippen molar-refractivity contribution in [3.05, 3.63) is 35.9 Å². The van der Waals surface area contributed by atoms with Crippen molar-refractivity contribution in [2.45, 2.75) is 18.9 Å². The van der Waals surface area contributed by atoms with Gasteiger partial charge in [0.05, 0.1) is 6.10 Å². The first kappa shape index (κ1) is 12.6. The van der Waals surface area contributed by atoms with Crippen LogP contribution in [0.5, 0.6) is 0 Å². The minimum atomic E-state index is -0.443. The summed E-state index contributed by atoms with van der Waals surface area (Å²) in [6, 6.07) is 9.83. The average molecular weight is 234 g/mol. The lowest BCUT2D eigenvalue weighted by Crippen LogP contribution is -2.34. The fourth-order valence-corrected chi connectivity index (χ4v) is 2.52. The molecule has 94 valence electrons. The van der Waals surface area contributed by atoms with Gasteiger partial charge in [-0.05, 0) is 38.0 Å². The van der Waals surface area contributed by atoms with E-state index in [1.54, 1.807) is 0 Å². The van der Waals surface area contributed by atoms with Gasteiger partial charge >= 0.3 is 0 Å². The Morgan fingerprint density at radius 3 is 2.41 bits per heavy atom. The van der Waals surface area contributed by atoms with E-state index in [4.69, 9.17) is 5.73 Å². The Balaban J connectivity index is 1.97. The van der Waals surface area contributed by atoms with Crippen molar-refractivity contribution in [2.24, 2.45) is 11.7 Å². The zero-order valence-electron chi connectivity index (χ0n) is 10.3. The molecule has 0 unspecified atom stereocenters. The molecule has 0 aromatic heterocycles. The van der Waals surface area contributed by atoms with Crippen LogP contribution in [0.4, 0.5) is 0 Å². The summed E-state index contributed by atoms with van der Waals surface area (Å²) in [7, 11) is 0. The van der Waals surface area contributed by atoms with Gasteiger partial charge in [-0.2, -0.15) is 0 Å². The largest absolute Gasteiger partial charge is 0.388 e. The van der Waals surface area contributed by atoms with Crippen LogP contribution in [0.15, 0.2) is 30.3 Å². The van der Waals surface area contributed by atoms with E-state index in [0.29, 0.717) is 6.54 Å². The number of aliphatic hydroxyl groups excluding tert-OH is 1. The minimum Gasteiger partial charge on any atom is -0.388 e. The van der Waals surface area contributed by atoms with E-state index in [0.717, 1.165) is 25.2 Å². The van der Waals surface area contributed by atoms with Crippen LogP contribution in [0.3, 0.4) is 0 Å². The topological polar surface area (TPSA) is 49.5 Å². The number of rotatable bonds is 5. The Hall–Kier alpha value is -0.900. The molecule has 3 nitrogen and oxygen atoms in total. The monoisotopic (exact) mass is 234 g/mol. The molecule has 2 rings (SSSR count). The molecule has 0 saturated carbocycles. The van der Waals surface area contributed by atoms with Crippen molar-refractivity contribution in [2.75, 3.05) is 26.2 Å². The van der Waals surface area contributed by atoms with E-state index < -0.39 is 6.10 Å². The summed E-state index contributed by atoms with van der Waals surface area (Å²) >= 11 is 0. The third kappa shape index (κ3) is 3.28. The van der Waals surface area contributed by atoms with Gasteiger partial charge in [-0.3, -0.25) is 0 Å². The van der Waals surface area contributed by atoms with Crippen molar-refractivity contribution in [3.8, 4) is 0 Å². The maximum Gasteiger partial charge on any atom is 0.0842 e. The molecule has 0 amide bonds.